The molecule has 0 bridgehead atoms. The Bertz CT molecular complexity index is 492. The van der Waals surface area contributed by atoms with Crippen LogP contribution in [0, 0.1) is 10.1 Å². The third kappa shape index (κ3) is 6.13. The molecular formula is C11H9Cl2NO4S2. The molecular weight excluding hydrogens is 345 g/mol. The van der Waals surface area contributed by atoms with Crippen LogP contribution in [-0.2, 0) is 9.59 Å². The van der Waals surface area contributed by atoms with Gasteiger partial charge in [0, 0.05) is 12.1 Å². The zero-order valence-electron chi connectivity index (χ0n) is 9.95. The summed E-state index contributed by atoms with van der Waals surface area (Å²) >= 11 is 13.1. The Hall–Kier alpha value is -0.760. The fourth-order valence-corrected chi connectivity index (χ4v) is 3.71. The number of thioether (sulfide) groups is 2. The fourth-order valence-electron chi connectivity index (χ4n) is 1.28. The van der Waals surface area contributed by atoms with Gasteiger partial charge in [0.15, 0.2) is 0 Å². The lowest BCUT2D eigenvalue weighted by Gasteiger charge is -2.14. The Morgan fingerprint density at radius 3 is 1.90 bits per heavy atom. The second kappa shape index (κ2) is 8.51. The molecule has 0 fully saturated rings. The highest BCUT2D eigenvalue weighted by Crippen LogP contribution is 2.40. The van der Waals surface area contributed by atoms with E-state index in [0.717, 1.165) is 5.56 Å². The van der Waals surface area contributed by atoms with Crippen molar-refractivity contribution in [1.82, 2.24) is 0 Å². The highest BCUT2D eigenvalue weighted by Gasteiger charge is 2.17. The molecule has 20 heavy (non-hydrogen) atoms. The first kappa shape index (κ1) is 17.3. The maximum atomic E-state index is 10.8. The number of hydrogen-bond donors (Lipinski definition) is 0. The Kier molecular flexibility index (Phi) is 7.36. The Balaban J connectivity index is 2.81. The van der Waals surface area contributed by atoms with Gasteiger partial charge >= 0.3 is 0 Å². The Labute approximate surface area is 133 Å². The summed E-state index contributed by atoms with van der Waals surface area (Å²) in [5, 5.41) is 9.58. The monoisotopic (exact) mass is 353 g/mol. The van der Waals surface area contributed by atoms with Crippen LogP contribution in [0.4, 0.5) is 5.69 Å². The second-order valence-corrected chi connectivity index (χ2v) is 6.84. The van der Waals surface area contributed by atoms with Gasteiger partial charge in [0.2, 0.25) is 10.5 Å². The van der Waals surface area contributed by atoms with Crippen LogP contribution >= 0.6 is 46.7 Å². The predicted octanol–water partition coefficient (Wildman–Crippen LogP) is 3.59. The number of carbonyl (C=O) groups is 2. The molecule has 0 radical (unpaired) electrons. The number of carbonyl (C=O) groups excluding carboxylic acids is 2. The van der Waals surface area contributed by atoms with Crippen LogP contribution in [0.15, 0.2) is 24.3 Å². The molecule has 0 aliphatic rings. The number of rotatable bonds is 8. The van der Waals surface area contributed by atoms with E-state index in [0.29, 0.717) is 0 Å². The minimum atomic E-state index is -0.500. The zero-order chi connectivity index (χ0) is 15.1. The lowest BCUT2D eigenvalue weighted by molar-refractivity contribution is -0.384. The summed E-state index contributed by atoms with van der Waals surface area (Å²) in [6.07, 6.45) is 0. The molecule has 5 nitrogen and oxygen atoms in total. The summed E-state index contributed by atoms with van der Waals surface area (Å²) in [5.74, 6) is 0.152. The van der Waals surface area contributed by atoms with Gasteiger partial charge in [-0.3, -0.25) is 19.7 Å². The van der Waals surface area contributed by atoms with Crippen molar-refractivity contribution in [3.8, 4) is 0 Å². The van der Waals surface area contributed by atoms with E-state index >= 15 is 0 Å². The Morgan fingerprint density at radius 1 is 1.10 bits per heavy atom. The molecule has 1 aromatic rings. The van der Waals surface area contributed by atoms with Crippen LogP contribution in [0.2, 0.25) is 0 Å². The molecule has 0 heterocycles. The minimum absolute atomic E-state index is 0.0238. The molecule has 9 heteroatoms. The summed E-state index contributed by atoms with van der Waals surface area (Å²) < 4.78 is -0.249. The molecule has 108 valence electrons. The molecule has 0 atom stereocenters. The molecule has 1 rings (SSSR count). The van der Waals surface area contributed by atoms with E-state index in [-0.39, 0.29) is 21.8 Å². The highest BCUT2D eigenvalue weighted by atomic mass is 35.5. The van der Waals surface area contributed by atoms with Crippen molar-refractivity contribution in [3.63, 3.8) is 0 Å². The number of nitrogens with zero attached hydrogens (tertiary/aromatic N) is 1. The first-order valence-corrected chi connectivity index (χ1v) is 8.09. The summed E-state index contributed by atoms with van der Waals surface area (Å²) in [4.78, 5) is 31.7. The number of nitro benzene ring substituents is 1. The van der Waals surface area contributed by atoms with Crippen LogP contribution in [0.3, 0.4) is 0 Å². The van der Waals surface area contributed by atoms with E-state index in [1.54, 1.807) is 12.1 Å². The molecule has 0 unspecified atom stereocenters. The quantitative estimate of drug-likeness (QED) is 0.307. The van der Waals surface area contributed by atoms with Gasteiger partial charge < -0.3 is 0 Å². The first-order chi connectivity index (χ1) is 9.40. The van der Waals surface area contributed by atoms with Gasteiger partial charge in [-0.15, -0.1) is 23.5 Å². The SMILES string of the molecule is O=C(Cl)CSC(SCC(=O)Cl)c1ccc([N+](=O)[O-])cc1. The lowest BCUT2D eigenvalue weighted by Crippen LogP contribution is -2.00. The van der Waals surface area contributed by atoms with Crippen LogP contribution in [0.5, 0.6) is 0 Å². The molecule has 0 aliphatic heterocycles. The van der Waals surface area contributed by atoms with Gasteiger partial charge in [0.25, 0.3) is 5.69 Å². The number of nitro groups is 1. The van der Waals surface area contributed by atoms with E-state index in [9.17, 15) is 19.7 Å². The van der Waals surface area contributed by atoms with E-state index in [1.165, 1.54) is 35.7 Å². The summed E-state index contributed by atoms with van der Waals surface area (Å²) in [7, 11) is 0. The van der Waals surface area contributed by atoms with Gasteiger partial charge in [-0.25, -0.2) is 0 Å². The van der Waals surface area contributed by atoms with Crippen LogP contribution in [0.1, 0.15) is 10.1 Å². The normalized spacial score (nSPS) is 10.6. The number of non-ortho nitro benzene ring substituents is 1. The van der Waals surface area contributed by atoms with Crippen molar-refractivity contribution >= 4 is 62.9 Å². The van der Waals surface area contributed by atoms with Crippen molar-refractivity contribution in [2.45, 2.75) is 4.58 Å². The molecule has 1 aromatic carbocycles. The van der Waals surface area contributed by atoms with Crippen molar-refractivity contribution in [3.05, 3.63) is 39.9 Å². The predicted molar refractivity (Wildman–Crippen MR) is 82.5 cm³/mol. The summed E-state index contributed by atoms with van der Waals surface area (Å²) in [5.41, 5.74) is 0.728. The molecule has 0 amide bonds. The summed E-state index contributed by atoms with van der Waals surface area (Å²) in [6.45, 7) is 0. The van der Waals surface area contributed by atoms with Crippen molar-refractivity contribution in [2.24, 2.45) is 0 Å². The average Bonchev–Trinajstić information content (AvgIpc) is 2.38. The molecule has 0 aliphatic carbocycles. The standard InChI is InChI=1S/C11H9Cl2NO4S2/c12-9(15)5-19-11(20-6-10(13)16)7-1-3-8(4-2-7)14(17)18/h1-4,11H,5-6H2. The van der Waals surface area contributed by atoms with Crippen molar-refractivity contribution in [1.29, 1.82) is 0 Å². The maximum Gasteiger partial charge on any atom is 0.269 e. The summed E-state index contributed by atoms with van der Waals surface area (Å²) in [6, 6.07) is 5.91. The van der Waals surface area contributed by atoms with E-state index in [2.05, 4.69) is 0 Å². The largest absolute Gasteiger partial charge is 0.280 e. The van der Waals surface area contributed by atoms with E-state index in [1.807, 2.05) is 0 Å². The van der Waals surface area contributed by atoms with E-state index in [4.69, 9.17) is 23.2 Å². The smallest absolute Gasteiger partial charge is 0.269 e. The van der Waals surface area contributed by atoms with Gasteiger partial charge in [0.05, 0.1) is 21.0 Å². The first-order valence-electron chi connectivity index (χ1n) is 5.24. The minimum Gasteiger partial charge on any atom is -0.280 e. The molecule has 0 aromatic heterocycles. The fraction of sp³-hybridized carbons (Fsp3) is 0.273. The van der Waals surface area contributed by atoms with Crippen LogP contribution < -0.4 is 0 Å². The molecule has 0 spiro atoms. The number of benzene rings is 1. The van der Waals surface area contributed by atoms with Gasteiger partial charge in [0.1, 0.15) is 0 Å². The average molecular weight is 354 g/mol. The van der Waals surface area contributed by atoms with Gasteiger partial charge in [-0.2, -0.15) is 0 Å². The van der Waals surface area contributed by atoms with Crippen molar-refractivity contribution < 1.29 is 14.5 Å². The van der Waals surface area contributed by atoms with Crippen molar-refractivity contribution in [2.75, 3.05) is 11.5 Å². The van der Waals surface area contributed by atoms with Crippen LogP contribution in [0.25, 0.3) is 0 Å². The number of halogens is 2. The molecule has 0 saturated carbocycles. The second-order valence-electron chi connectivity index (χ2n) is 3.51. The third-order valence-electron chi connectivity index (χ3n) is 2.07. The van der Waals surface area contributed by atoms with E-state index < -0.39 is 15.4 Å². The van der Waals surface area contributed by atoms with Crippen LogP contribution in [-0.4, -0.2) is 26.9 Å². The number of hydrogen-bond acceptors (Lipinski definition) is 6. The maximum absolute atomic E-state index is 10.8. The third-order valence-corrected chi connectivity index (χ3v) is 5.48. The topological polar surface area (TPSA) is 77.3 Å². The Morgan fingerprint density at radius 2 is 1.55 bits per heavy atom. The van der Waals surface area contributed by atoms with Gasteiger partial charge in [-0.1, -0.05) is 12.1 Å². The zero-order valence-corrected chi connectivity index (χ0v) is 13.1. The van der Waals surface area contributed by atoms with Gasteiger partial charge in [-0.05, 0) is 28.8 Å². The lowest BCUT2D eigenvalue weighted by atomic mass is 10.2. The highest BCUT2D eigenvalue weighted by molar-refractivity contribution is 8.17. The molecule has 0 saturated heterocycles. The molecule has 0 N–H and O–H groups in total.